The molecule has 0 radical (unpaired) electrons. The van der Waals surface area contributed by atoms with E-state index in [4.69, 9.17) is 9.47 Å². The van der Waals surface area contributed by atoms with E-state index in [1.807, 2.05) is 0 Å². The molecule has 0 aliphatic rings. The van der Waals surface area contributed by atoms with E-state index >= 15 is 0 Å². The highest BCUT2D eigenvalue weighted by Gasteiger charge is 2.11. The van der Waals surface area contributed by atoms with Gasteiger partial charge in [0.1, 0.15) is 0 Å². The van der Waals surface area contributed by atoms with Gasteiger partial charge in [0.25, 0.3) is 5.91 Å². The van der Waals surface area contributed by atoms with Crippen molar-refractivity contribution in [1.82, 2.24) is 0 Å². The van der Waals surface area contributed by atoms with Gasteiger partial charge in [-0.1, -0.05) is 12.1 Å². The quantitative estimate of drug-likeness (QED) is 0.866. The number of ether oxygens (including phenoxy) is 2. The highest BCUT2D eigenvalue weighted by molar-refractivity contribution is 7.89. The predicted octanol–water partition coefficient (Wildman–Crippen LogP) is 2.50. The number of benzene rings is 2. The summed E-state index contributed by atoms with van der Waals surface area (Å²) < 4.78 is 33.1. The van der Waals surface area contributed by atoms with E-state index in [2.05, 4.69) is 5.32 Å². The Labute approximate surface area is 141 Å². The molecule has 0 unspecified atom stereocenters. The summed E-state index contributed by atoms with van der Waals surface area (Å²) in [7, 11) is -0.114. The van der Waals surface area contributed by atoms with Crippen molar-refractivity contribution >= 4 is 21.4 Å². The standard InChI is InChI=1S/C17H19NO5S/c1-22-15-8-7-14(10-16(15)23-2)18-17(19)13-6-4-5-12(9-13)11-24(3,20)21/h4-10H,11H2,1-3H3,(H,18,19). The van der Waals surface area contributed by atoms with Crippen molar-refractivity contribution in [1.29, 1.82) is 0 Å². The molecule has 0 spiro atoms. The van der Waals surface area contributed by atoms with Crippen molar-refractivity contribution in [2.75, 3.05) is 25.8 Å². The molecule has 1 amide bonds. The summed E-state index contributed by atoms with van der Waals surface area (Å²) in [6, 6.07) is 11.6. The molecule has 2 aromatic carbocycles. The summed E-state index contributed by atoms with van der Waals surface area (Å²) in [4.78, 5) is 12.4. The van der Waals surface area contributed by atoms with Crippen LogP contribution in [0.15, 0.2) is 42.5 Å². The van der Waals surface area contributed by atoms with Crippen LogP contribution >= 0.6 is 0 Å². The van der Waals surface area contributed by atoms with Crippen LogP contribution in [0.25, 0.3) is 0 Å². The van der Waals surface area contributed by atoms with Gasteiger partial charge >= 0.3 is 0 Å². The van der Waals surface area contributed by atoms with Crippen LogP contribution in [0, 0.1) is 0 Å². The fraction of sp³-hybridized carbons (Fsp3) is 0.235. The second-order valence-corrected chi connectivity index (χ2v) is 7.43. The van der Waals surface area contributed by atoms with Crippen LogP contribution in [-0.2, 0) is 15.6 Å². The minimum Gasteiger partial charge on any atom is -0.493 e. The molecule has 1 N–H and O–H groups in total. The molecule has 0 aliphatic heterocycles. The van der Waals surface area contributed by atoms with Gasteiger partial charge in [0.2, 0.25) is 0 Å². The van der Waals surface area contributed by atoms with Crippen LogP contribution in [0.3, 0.4) is 0 Å². The van der Waals surface area contributed by atoms with Gasteiger partial charge in [-0.3, -0.25) is 4.79 Å². The Morgan fingerprint density at radius 2 is 1.75 bits per heavy atom. The molecule has 0 fully saturated rings. The van der Waals surface area contributed by atoms with Gasteiger partial charge in [-0.15, -0.1) is 0 Å². The summed E-state index contributed by atoms with van der Waals surface area (Å²) in [6.07, 6.45) is 1.16. The Morgan fingerprint density at radius 1 is 1.04 bits per heavy atom. The highest BCUT2D eigenvalue weighted by Crippen LogP contribution is 2.29. The van der Waals surface area contributed by atoms with Crippen molar-refractivity contribution in [3.63, 3.8) is 0 Å². The fourth-order valence-electron chi connectivity index (χ4n) is 2.22. The lowest BCUT2D eigenvalue weighted by atomic mass is 10.1. The molecule has 0 saturated heterocycles. The number of carbonyl (C=O) groups excluding carboxylic acids is 1. The molecule has 0 saturated carbocycles. The van der Waals surface area contributed by atoms with Crippen molar-refractivity contribution < 1.29 is 22.7 Å². The van der Waals surface area contributed by atoms with E-state index in [1.54, 1.807) is 42.5 Å². The Balaban J connectivity index is 2.19. The van der Waals surface area contributed by atoms with Gasteiger partial charge in [0, 0.05) is 23.6 Å². The first-order valence-corrected chi connectivity index (χ1v) is 9.18. The maximum Gasteiger partial charge on any atom is 0.255 e. The van der Waals surface area contributed by atoms with E-state index in [-0.39, 0.29) is 11.7 Å². The lowest BCUT2D eigenvalue weighted by molar-refractivity contribution is 0.102. The minimum absolute atomic E-state index is 0.107. The monoisotopic (exact) mass is 349 g/mol. The normalized spacial score (nSPS) is 11.0. The van der Waals surface area contributed by atoms with Crippen molar-refractivity contribution in [3.8, 4) is 11.5 Å². The molecule has 0 atom stereocenters. The first kappa shape index (κ1) is 17.8. The Hall–Kier alpha value is -2.54. The second-order valence-electron chi connectivity index (χ2n) is 5.29. The molecule has 0 heterocycles. The zero-order valence-electron chi connectivity index (χ0n) is 13.7. The lowest BCUT2D eigenvalue weighted by Crippen LogP contribution is -2.12. The summed E-state index contributed by atoms with van der Waals surface area (Å²) in [6.45, 7) is 0. The molecule has 2 aromatic rings. The van der Waals surface area contributed by atoms with Crippen LogP contribution in [-0.4, -0.2) is 34.8 Å². The smallest absolute Gasteiger partial charge is 0.255 e. The van der Waals surface area contributed by atoms with Gasteiger partial charge in [0.15, 0.2) is 21.3 Å². The summed E-state index contributed by atoms with van der Waals surface area (Å²) in [5, 5.41) is 2.75. The van der Waals surface area contributed by atoms with Crippen LogP contribution in [0.2, 0.25) is 0 Å². The molecule has 7 heteroatoms. The van der Waals surface area contributed by atoms with Gasteiger partial charge in [-0.25, -0.2) is 8.42 Å². The number of sulfone groups is 1. The third kappa shape index (κ3) is 4.73. The van der Waals surface area contributed by atoms with E-state index in [1.165, 1.54) is 14.2 Å². The molecule has 0 aromatic heterocycles. The largest absolute Gasteiger partial charge is 0.493 e. The molecule has 0 aliphatic carbocycles. The van der Waals surface area contributed by atoms with E-state index in [9.17, 15) is 13.2 Å². The Morgan fingerprint density at radius 3 is 2.38 bits per heavy atom. The van der Waals surface area contributed by atoms with Gasteiger partial charge in [0.05, 0.1) is 20.0 Å². The predicted molar refractivity (Wildman–Crippen MR) is 92.5 cm³/mol. The number of amides is 1. The lowest BCUT2D eigenvalue weighted by Gasteiger charge is -2.11. The SMILES string of the molecule is COc1ccc(NC(=O)c2cccc(CS(C)(=O)=O)c2)cc1OC. The third-order valence-electron chi connectivity index (χ3n) is 3.26. The molecule has 24 heavy (non-hydrogen) atoms. The van der Waals surface area contributed by atoms with Crippen LogP contribution in [0.1, 0.15) is 15.9 Å². The zero-order chi connectivity index (χ0) is 17.7. The van der Waals surface area contributed by atoms with E-state index in [0.717, 1.165) is 6.26 Å². The second kappa shape index (κ2) is 7.35. The third-order valence-corrected chi connectivity index (χ3v) is 4.12. The van der Waals surface area contributed by atoms with Crippen LogP contribution in [0.5, 0.6) is 11.5 Å². The van der Waals surface area contributed by atoms with Crippen molar-refractivity contribution in [3.05, 3.63) is 53.6 Å². The zero-order valence-corrected chi connectivity index (χ0v) is 14.5. The molecule has 128 valence electrons. The number of anilines is 1. The van der Waals surface area contributed by atoms with Gasteiger partial charge in [-0.05, 0) is 29.8 Å². The Bertz CT molecular complexity index is 846. The Kier molecular flexibility index (Phi) is 5.46. The van der Waals surface area contributed by atoms with Crippen molar-refractivity contribution in [2.24, 2.45) is 0 Å². The summed E-state index contributed by atoms with van der Waals surface area (Å²) in [5.41, 5.74) is 1.49. The number of hydrogen-bond donors (Lipinski definition) is 1. The minimum atomic E-state index is -3.16. The number of hydrogen-bond acceptors (Lipinski definition) is 5. The number of nitrogens with one attached hydrogen (secondary N) is 1. The highest BCUT2D eigenvalue weighted by atomic mass is 32.2. The topological polar surface area (TPSA) is 81.7 Å². The molecular formula is C17H19NO5S. The molecule has 2 rings (SSSR count). The maximum atomic E-state index is 12.4. The first-order valence-electron chi connectivity index (χ1n) is 7.12. The first-order chi connectivity index (χ1) is 11.3. The summed E-state index contributed by atoms with van der Waals surface area (Å²) in [5.74, 6) is 0.620. The van der Waals surface area contributed by atoms with E-state index < -0.39 is 9.84 Å². The molecule has 6 nitrogen and oxygen atoms in total. The fourth-order valence-corrected chi connectivity index (χ4v) is 3.01. The number of rotatable bonds is 6. The van der Waals surface area contributed by atoms with Crippen molar-refractivity contribution in [2.45, 2.75) is 5.75 Å². The maximum absolute atomic E-state index is 12.4. The number of methoxy groups -OCH3 is 2. The van der Waals surface area contributed by atoms with Gasteiger partial charge < -0.3 is 14.8 Å². The molecule has 0 bridgehead atoms. The van der Waals surface area contributed by atoms with E-state index in [0.29, 0.717) is 28.3 Å². The summed E-state index contributed by atoms with van der Waals surface area (Å²) >= 11 is 0. The molecular weight excluding hydrogens is 330 g/mol. The average Bonchev–Trinajstić information content (AvgIpc) is 2.53. The van der Waals surface area contributed by atoms with Gasteiger partial charge in [-0.2, -0.15) is 0 Å². The number of carbonyl (C=O) groups is 1. The van der Waals surface area contributed by atoms with Crippen LogP contribution < -0.4 is 14.8 Å². The van der Waals surface area contributed by atoms with Crippen LogP contribution in [0.4, 0.5) is 5.69 Å². The average molecular weight is 349 g/mol.